The van der Waals surface area contributed by atoms with Crippen molar-refractivity contribution >= 4 is 51.7 Å². The largest absolute Gasteiger partial charge is 0.372 e. The summed E-state index contributed by atoms with van der Waals surface area (Å²) in [6.45, 7) is 5.62. The molecule has 5 rings (SSSR count). The van der Waals surface area contributed by atoms with Gasteiger partial charge in [-0.2, -0.15) is 0 Å². The molecule has 2 aliphatic rings. The predicted molar refractivity (Wildman–Crippen MR) is 139 cm³/mol. The number of morpholine rings is 1. The Morgan fingerprint density at radius 1 is 1.09 bits per heavy atom. The molecule has 2 saturated heterocycles. The minimum atomic E-state index is -0.222. The molecule has 9 heteroatoms. The van der Waals surface area contributed by atoms with Gasteiger partial charge in [-0.1, -0.05) is 60.4 Å². The van der Waals surface area contributed by atoms with Gasteiger partial charge in [-0.25, -0.2) is 4.98 Å². The highest BCUT2D eigenvalue weighted by atomic mass is 32.2. The van der Waals surface area contributed by atoms with Crippen LogP contribution in [0.4, 0.5) is 5.82 Å². The summed E-state index contributed by atoms with van der Waals surface area (Å²) >= 11 is 6.73. The number of amides is 1. The van der Waals surface area contributed by atoms with Crippen molar-refractivity contribution < 1.29 is 9.53 Å². The van der Waals surface area contributed by atoms with E-state index in [0.717, 1.165) is 5.56 Å². The first-order chi connectivity index (χ1) is 16.4. The van der Waals surface area contributed by atoms with E-state index in [1.54, 1.807) is 29.3 Å². The van der Waals surface area contributed by atoms with Gasteiger partial charge >= 0.3 is 0 Å². The number of rotatable bonds is 4. The van der Waals surface area contributed by atoms with Crippen LogP contribution in [0.25, 0.3) is 11.7 Å². The van der Waals surface area contributed by atoms with Gasteiger partial charge in [0, 0.05) is 19.3 Å². The fraction of sp³-hybridized carbons (Fsp3) is 0.280. The van der Waals surface area contributed by atoms with Crippen molar-refractivity contribution in [2.24, 2.45) is 0 Å². The minimum Gasteiger partial charge on any atom is -0.372 e. The Hall–Kier alpha value is -3.01. The molecule has 0 N–H and O–H groups in total. The summed E-state index contributed by atoms with van der Waals surface area (Å²) in [6.07, 6.45) is 3.34. The first kappa shape index (κ1) is 22.8. The van der Waals surface area contributed by atoms with Gasteiger partial charge in [-0.3, -0.25) is 18.9 Å². The van der Waals surface area contributed by atoms with Crippen molar-refractivity contribution in [1.29, 1.82) is 0 Å². The fourth-order valence-corrected chi connectivity index (χ4v) is 5.58. The van der Waals surface area contributed by atoms with Gasteiger partial charge in [0.15, 0.2) is 0 Å². The predicted octanol–water partition coefficient (Wildman–Crippen LogP) is 3.71. The van der Waals surface area contributed by atoms with Crippen molar-refractivity contribution in [1.82, 2.24) is 14.3 Å². The average molecular weight is 493 g/mol. The number of carbonyl (C=O) groups is 1. The Balaban J connectivity index is 1.57. The van der Waals surface area contributed by atoms with Crippen LogP contribution in [0.15, 0.2) is 64.4 Å². The standard InChI is InChI=1S/C25H24N4O3S2/c1-16-13-27(14-17(2)32-16)22-19(23(30)28-11-7-6-10-21(28)26-22)12-20-24(31)29(25(33)34-20)15-18-8-4-3-5-9-18/h3-12,16-17H,13-15H2,1-2H3. The van der Waals surface area contributed by atoms with E-state index in [0.29, 0.717) is 45.9 Å². The third kappa shape index (κ3) is 4.38. The molecule has 2 atom stereocenters. The molecule has 1 aromatic carbocycles. The molecule has 0 aliphatic carbocycles. The number of ether oxygens (including phenoxy) is 1. The van der Waals surface area contributed by atoms with Crippen LogP contribution >= 0.6 is 24.0 Å². The molecule has 2 fully saturated rings. The Morgan fingerprint density at radius 2 is 1.79 bits per heavy atom. The minimum absolute atomic E-state index is 0.00305. The van der Waals surface area contributed by atoms with E-state index in [1.807, 2.05) is 50.2 Å². The van der Waals surface area contributed by atoms with Crippen LogP contribution in [-0.2, 0) is 16.1 Å². The lowest BCUT2D eigenvalue weighted by Gasteiger charge is -2.36. The van der Waals surface area contributed by atoms with E-state index in [4.69, 9.17) is 21.9 Å². The molecule has 3 aromatic rings. The first-order valence-corrected chi connectivity index (χ1v) is 12.3. The van der Waals surface area contributed by atoms with Crippen molar-refractivity contribution in [2.45, 2.75) is 32.6 Å². The highest BCUT2D eigenvalue weighted by Crippen LogP contribution is 2.34. The normalized spacial score (nSPS) is 22.2. The lowest BCUT2D eigenvalue weighted by Crippen LogP contribution is -2.46. The molecule has 1 amide bonds. The van der Waals surface area contributed by atoms with Gasteiger partial charge in [0.1, 0.15) is 15.8 Å². The maximum absolute atomic E-state index is 13.6. The van der Waals surface area contributed by atoms with Gasteiger partial charge in [0.2, 0.25) is 0 Å². The zero-order valence-corrected chi connectivity index (χ0v) is 20.5. The molecule has 7 nitrogen and oxygen atoms in total. The van der Waals surface area contributed by atoms with Gasteiger partial charge in [0.05, 0.1) is 29.2 Å². The summed E-state index contributed by atoms with van der Waals surface area (Å²) in [7, 11) is 0. The summed E-state index contributed by atoms with van der Waals surface area (Å²) in [5.41, 5.74) is 1.71. The second-order valence-electron chi connectivity index (χ2n) is 8.50. The van der Waals surface area contributed by atoms with Crippen LogP contribution in [0.5, 0.6) is 0 Å². The summed E-state index contributed by atoms with van der Waals surface area (Å²) in [5.74, 6) is 0.359. The maximum Gasteiger partial charge on any atom is 0.267 e. The third-order valence-electron chi connectivity index (χ3n) is 5.80. The number of nitrogens with zero attached hydrogens (tertiary/aromatic N) is 4. The molecular formula is C25H24N4O3S2. The smallest absolute Gasteiger partial charge is 0.267 e. The van der Waals surface area contributed by atoms with Crippen molar-refractivity contribution in [3.05, 3.63) is 81.1 Å². The molecule has 0 radical (unpaired) electrons. The zero-order chi connectivity index (χ0) is 23.8. The number of thioether (sulfide) groups is 1. The highest BCUT2D eigenvalue weighted by Gasteiger charge is 2.33. The molecule has 2 unspecified atom stereocenters. The van der Waals surface area contributed by atoms with E-state index < -0.39 is 0 Å². The number of hydrogen-bond acceptors (Lipinski definition) is 7. The summed E-state index contributed by atoms with van der Waals surface area (Å²) in [6, 6.07) is 15.2. The van der Waals surface area contributed by atoms with Crippen molar-refractivity contribution in [3.63, 3.8) is 0 Å². The van der Waals surface area contributed by atoms with Crippen LogP contribution in [-0.4, -0.2) is 49.8 Å². The Bertz CT molecular complexity index is 1350. The molecule has 174 valence electrons. The quantitative estimate of drug-likeness (QED) is 0.406. The van der Waals surface area contributed by atoms with Crippen LogP contribution in [0.3, 0.4) is 0 Å². The summed E-state index contributed by atoms with van der Waals surface area (Å²) in [4.78, 5) is 35.7. The molecule has 2 aromatic heterocycles. The van der Waals surface area contributed by atoms with Crippen LogP contribution in [0.2, 0.25) is 0 Å². The maximum atomic E-state index is 13.6. The number of hydrogen-bond donors (Lipinski definition) is 0. The Kier molecular flexibility index (Phi) is 6.24. The lowest BCUT2D eigenvalue weighted by atomic mass is 10.1. The molecular weight excluding hydrogens is 468 g/mol. The van der Waals surface area contributed by atoms with Gasteiger partial charge in [-0.05, 0) is 37.6 Å². The second-order valence-corrected chi connectivity index (χ2v) is 10.2. The van der Waals surface area contributed by atoms with Crippen LogP contribution < -0.4 is 10.5 Å². The molecule has 2 aliphatic heterocycles. The SMILES string of the molecule is CC1CN(c2nc3ccccn3c(=O)c2C=C2SC(=S)N(Cc3ccccc3)C2=O)CC(C)O1. The van der Waals surface area contributed by atoms with E-state index in [-0.39, 0.29) is 23.7 Å². The summed E-state index contributed by atoms with van der Waals surface area (Å²) < 4.78 is 7.86. The Labute approximate surface area is 207 Å². The van der Waals surface area contributed by atoms with Crippen LogP contribution in [0, 0.1) is 0 Å². The third-order valence-corrected chi connectivity index (χ3v) is 7.18. The first-order valence-electron chi connectivity index (χ1n) is 11.1. The number of thiocarbonyl (C=S) groups is 1. The summed E-state index contributed by atoms with van der Waals surface area (Å²) in [5, 5.41) is 0. The van der Waals surface area contributed by atoms with Crippen molar-refractivity contribution in [2.75, 3.05) is 18.0 Å². The lowest BCUT2D eigenvalue weighted by molar-refractivity contribution is -0.122. The number of aromatic nitrogens is 2. The highest BCUT2D eigenvalue weighted by molar-refractivity contribution is 8.26. The number of carbonyl (C=O) groups excluding carboxylic acids is 1. The number of fused-ring (bicyclic) bond motifs is 1. The van der Waals surface area contributed by atoms with E-state index in [1.165, 1.54) is 16.2 Å². The number of benzene rings is 1. The van der Waals surface area contributed by atoms with E-state index >= 15 is 0 Å². The van der Waals surface area contributed by atoms with Gasteiger partial charge < -0.3 is 9.64 Å². The van der Waals surface area contributed by atoms with Gasteiger partial charge in [-0.15, -0.1) is 0 Å². The van der Waals surface area contributed by atoms with Crippen molar-refractivity contribution in [3.8, 4) is 0 Å². The molecule has 0 bridgehead atoms. The van der Waals surface area contributed by atoms with Gasteiger partial charge in [0.25, 0.3) is 11.5 Å². The molecule has 34 heavy (non-hydrogen) atoms. The topological polar surface area (TPSA) is 67.2 Å². The zero-order valence-electron chi connectivity index (χ0n) is 18.9. The monoisotopic (exact) mass is 492 g/mol. The molecule has 0 spiro atoms. The van der Waals surface area contributed by atoms with E-state index in [9.17, 15) is 9.59 Å². The Morgan fingerprint density at radius 3 is 2.53 bits per heavy atom. The number of anilines is 1. The van der Waals surface area contributed by atoms with Crippen LogP contribution in [0.1, 0.15) is 25.0 Å². The molecule has 4 heterocycles. The average Bonchev–Trinajstić information content (AvgIpc) is 3.08. The second kappa shape index (κ2) is 9.32. The van der Waals surface area contributed by atoms with E-state index in [2.05, 4.69) is 4.90 Å². The number of pyridine rings is 1. The fourth-order valence-electron chi connectivity index (χ4n) is 4.34. The molecule has 0 saturated carbocycles.